The lowest BCUT2D eigenvalue weighted by Crippen LogP contribution is -2.24. The Morgan fingerprint density at radius 3 is 2.71 bits per heavy atom. The minimum Gasteiger partial charge on any atom is -0.494 e. The second-order valence-electron chi connectivity index (χ2n) is 6.59. The van der Waals surface area contributed by atoms with Gasteiger partial charge in [0.25, 0.3) is 5.91 Å². The number of carbonyl (C=O) groups excluding carboxylic acids is 2. The van der Waals surface area contributed by atoms with Crippen LogP contribution in [0.5, 0.6) is 5.75 Å². The van der Waals surface area contributed by atoms with E-state index in [2.05, 4.69) is 10.4 Å². The zero-order valence-corrected chi connectivity index (χ0v) is 15.8. The second kappa shape index (κ2) is 7.22. The van der Waals surface area contributed by atoms with Crippen LogP contribution in [0.3, 0.4) is 0 Å². The average molecular weight is 379 g/mol. The van der Waals surface area contributed by atoms with Gasteiger partial charge in [0.05, 0.1) is 19.0 Å². The standard InChI is InChI=1S/C20H21N5O3/c1-23-20(24-9-3-4-10-24)15(13-21-23)19(27)22-14-7-8-16(17(12-14)28-2)25-11-5-6-18(25)26/h3-4,7-10,12-13H,5-6,11H2,1-2H3,(H,22,27). The Labute approximate surface area is 162 Å². The first kappa shape index (κ1) is 17.8. The summed E-state index contributed by atoms with van der Waals surface area (Å²) in [6.45, 7) is 0.677. The Bertz CT molecular complexity index is 1020. The van der Waals surface area contributed by atoms with E-state index >= 15 is 0 Å². The van der Waals surface area contributed by atoms with E-state index in [1.165, 1.54) is 0 Å². The third kappa shape index (κ3) is 3.13. The van der Waals surface area contributed by atoms with E-state index < -0.39 is 0 Å². The Hall–Kier alpha value is -3.55. The molecule has 0 unspecified atom stereocenters. The monoisotopic (exact) mass is 379 g/mol. The van der Waals surface area contributed by atoms with Crippen molar-refractivity contribution in [2.45, 2.75) is 12.8 Å². The van der Waals surface area contributed by atoms with Crippen LogP contribution < -0.4 is 15.0 Å². The highest BCUT2D eigenvalue weighted by Crippen LogP contribution is 2.34. The van der Waals surface area contributed by atoms with E-state index in [9.17, 15) is 9.59 Å². The number of amides is 2. The van der Waals surface area contributed by atoms with Gasteiger partial charge in [-0.1, -0.05) is 0 Å². The molecule has 3 heterocycles. The molecule has 4 rings (SSSR count). The lowest BCUT2D eigenvalue weighted by molar-refractivity contribution is -0.117. The van der Waals surface area contributed by atoms with Gasteiger partial charge in [0.15, 0.2) is 0 Å². The fourth-order valence-corrected chi connectivity index (χ4v) is 3.45. The largest absolute Gasteiger partial charge is 0.494 e. The number of aromatic nitrogens is 3. The first-order valence-corrected chi connectivity index (χ1v) is 9.03. The predicted molar refractivity (Wildman–Crippen MR) is 105 cm³/mol. The van der Waals surface area contributed by atoms with Gasteiger partial charge in [-0.3, -0.25) is 14.3 Å². The lowest BCUT2D eigenvalue weighted by atomic mass is 10.2. The van der Waals surface area contributed by atoms with E-state index in [1.807, 2.05) is 29.1 Å². The van der Waals surface area contributed by atoms with Crippen molar-refractivity contribution in [2.24, 2.45) is 7.05 Å². The summed E-state index contributed by atoms with van der Waals surface area (Å²) in [4.78, 5) is 26.6. The molecule has 3 aromatic rings. The van der Waals surface area contributed by atoms with Crippen LogP contribution in [-0.2, 0) is 11.8 Å². The summed E-state index contributed by atoms with van der Waals surface area (Å²) >= 11 is 0. The van der Waals surface area contributed by atoms with E-state index in [1.54, 1.807) is 48.1 Å². The molecule has 2 amide bonds. The Morgan fingerprint density at radius 2 is 2.04 bits per heavy atom. The van der Waals surface area contributed by atoms with Crippen LogP contribution in [0.25, 0.3) is 5.82 Å². The SMILES string of the molecule is COc1cc(NC(=O)c2cnn(C)c2-n2cccc2)ccc1N1CCCC1=O. The van der Waals surface area contributed by atoms with Crippen molar-refractivity contribution in [3.05, 3.63) is 54.5 Å². The predicted octanol–water partition coefficient (Wildman–Crippen LogP) is 2.60. The third-order valence-corrected chi connectivity index (χ3v) is 4.80. The van der Waals surface area contributed by atoms with E-state index in [0.29, 0.717) is 35.8 Å². The second-order valence-corrected chi connectivity index (χ2v) is 6.59. The van der Waals surface area contributed by atoms with Gasteiger partial charge in [-0.2, -0.15) is 5.10 Å². The molecule has 0 radical (unpaired) electrons. The van der Waals surface area contributed by atoms with Gasteiger partial charge < -0.3 is 19.5 Å². The first-order valence-electron chi connectivity index (χ1n) is 9.03. The van der Waals surface area contributed by atoms with Crippen LogP contribution in [-0.4, -0.2) is 39.8 Å². The number of methoxy groups -OCH3 is 1. The van der Waals surface area contributed by atoms with Crippen molar-refractivity contribution in [1.82, 2.24) is 14.3 Å². The van der Waals surface area contributed by atoms with E-state index in [4.69, 9.17) is 4.74 Å². The summed E-state index contributed by atoms with van der Waals surface area (Å²) in [5.41, 5.74) is 1.76. The molecule has 0 saturated carbocycles. The summed E-state index contributed by atoms with van der Waals surface area (Å²) in [7, 11) is 3.34. The summed E-state index contributed by atoms with van der Waals surface area (Å²) in [5.74, 6) is 1.03. The normalized spacial score (nSPS) is 13.8. The highest BCUT2D eigenvalue weighted by molar-refractivity contribution is 6.06. The Morgan fingerprint density at radius 1 is 1.25 bits per heavy atom. The smallest absolute Gasteiger partial charge is 0.261 e. The van der Waals surface area contributed by atoms with Gasteiger partial charge in [0, 0.05) is 44.2 Å². The Kier molecular flexibility index (Phi) is 4.60. The van der Waals surface area contributed by atoms with Gasteiger partial charge in [-0.25, -0.2) is 0 Å². The average Bonchev–Trinajstić information content (AvgIpc) is 3.42. The topological polar surface area (TPSA) is 81.4 Å². The summed E-state index contributed by atoms with van der Waals surface area (Å²) in [6.07, 6.45) is 6.64. The van der Waals surface area contributed by atoms with Crippen LogP contribution in [0.2, 0.25) is 0 Å². The number of aryl methyl sites for hydroxylation is 1. The summed E-state index contributed by atoms with van der Waals surface area (Å²) < 4.78 is 8.94. The van der Waals surface area contributed by atoms with Crippen molar-refractivity contribution in [3.63, 3.8) is 0 Å². The van der Waals surface area contributed by atoms with Crippen molar-refractivity contribution in [3.8, 4) is 11.6 Å². The van der Waals surface area contributed by atoms with Gasteiger partial charge in [-0.15, -0.1) is 0 Å². The fraction of sp³-hybridized carbons (Fsp3) is 0.250. The molecule has 8 nitrogen and oxygen atoms in total. The zero-order valence-electron chi connectivity index (χ0n) is 15.8. The van der Waals surface area contributed by atoms with Crippen LogP contribution in [0.4, 0.5) is 11.4 Å². The molecular weight excluding hydrogens is 358 g/mol. The number of rotatable bonds is 5. The fourth-order valence-electron chi connectivity index (χ4n) is 3.45. The van der Waals surface area contributed by atoms with Crippen LogP contribution in [0, 0.1) is 0 Å². The quantitative estimate of drug-likeness (QED) is 0.739. The maximum Gasteiger partial charge on any atom is 0.261 e. The molecule has 0 aliphatic carbocycles. The Balaban J connectivity index is 1.60. The van der Waals surface area contributed by atoms with Crippen molar-refractivity contribution < 1.29 is 14.3 Å². The minimum absolute atomic E-state index is 0.0850. The van der Waals surface area contributed by atoms with Crippen LogP contribution >= 0.6 is 0 Å². The number of nitrogens with one attached hydrogen (secondary N) is 1. The molecule has 2 aromatic heterocycles. The van der Waals surface area contributed by atoms with Crippen LogP contribution in [0.1, 0.15) is 23.2 Å². The van der Waals surface area contributed by atoms with E-state index in [-0.39, 0.29) is 11.8 Å². The highest BCUT2D eigenvalue weighted by Gasteiger charge is 2.25. The number of hydrogen-bond donors (Lipinski definition) is 1. The van der Waals surface area contributed by atoms with Gasteiger partial charge >= 0.3 is 0 Å². The van der Waals surface area contributed by atoms with E-state index in [0.717, 1.165) is 12.1 Å². The molecule has 8 heteroatoms. The summed E-state index contributed by atoms with van der Waals surface area (Å²) in [5, 5.41) is 7.10. The third-order valence-electron chi connectivity index (χ3n) is 4.80. The lowest BCUT2D eigenvalue weighted by Gasteiger charge is -2.19. The number of nitrogens with zero attached hydrogens (tertiary/aromatic N) is 4. The molecule has 144 valence electrons. The molecule has 0 bridgehead atoms. The maximum atomic E-state index is 12.9. The number of ether oxygens (including phenoxy) is 1. The molecule has 1 aliphatic rings. The van der Waals surface area contributed by atoms with Gasteiger partial charge in [-0.05, 0) is 30.7 Å². The van der Waals surface area contributed by atoms with Gasteiger partial charge in [0.2, 0.25) is 5.91 Å². The minimum atomic E-state index is -0.274. The molecular formula is C20H21N5O3. The highest BCUT2D eigenvalue weighted by atomic mass is 16.5. The van der Waals surface area contributed by atoms with Crippen molar-refractivity contribution >= 4 is 23.2 Å². The van der Waals surface area contributed by atoms with Crippen molar-refractivity contribution in [1.29, 1.82) is 0 Å². The summed E-state index contributed by atoms with van der Waals surface area (Å²) in [6, 6.07) is 9.07. The molecule has 28 heavy (non-hydrogen) atoms. The molecule has 1 aliphatic heterocycles. The molecule has 1 fully saturated rings. The molecule has 1 N–H and O–H groups in total. The maximum absolute atomic E-state index is 12.9. The molecule has 0 atom stereocenters. The molecule has 1 saturated heterocycles. The van der Waals surface area contributed by atoms with Crippen LogP contribution in [0.15, 0.2) is 48.9 Å². The first-order chi connectivity index (χ1) is 13.6. The number of hydrogen-bond acceptors (Lipinski definition) is 4. The zero-order chi connectivity index (χ0) is 19.7. The van der Waals surface area contributed by atoms with Gasteiger partial charge in [0.1, 0.15) is 17.1 Å². The van der Waals surface area contributed by atoms with Crippen molar-refractivity contribution in [2.75, 3.05) is 23.9 Å². The molecule has 0 spiro atoms. The number of anilines is 2. The molecule has 1 aromatic carbocycles. The number of carbonyl (C=O) groups is 2. The number of benzene rings is 1.